The molecule has 8 nitrogen and oxygen atoms in total. The van der Waals surface area contributed by atoms with E-state index in [0.29, 0.717) is 24.7 Å². The first kappa shape index (κ1) is 22.2. The van der Waals surface area contributed by atoms with Crippen molar-refractivity contribution in [2.45, 2.75) is 19.4 Å². The first-order chi connectivity index (χ1) is 15.1. The molecule has 3 rings (SSSR count). The fourth-order valence-corrected chi connectivity index (χ4v) is 3.24. The quantitative estimate of drug-likeness (QED) is 0.404. The second kappa shape index (κ2) is 11.0. The van der Waals surface area contributed by atoms with Crippen LogP contribution in [-0.4, -0.2) is 43.5 Å². The predicted molar refractivity (Wildman–Crippen MR) is 121 cm³/mol. The number of pyridine rings is 1. The Hall–Kier alpha value is -3.52. The molecule has 2 aromatic carbocycles. The number of anilines is 2. The topological polar surface area (TPSA) is 122 Å². The number of nitrogens with zero attached hydrogens (tertiary/aromatic N) is 1. The van der Waals surface area contributed by atoms with Crippen molar-refractivity contribution in [3.05, 3.63) is 60.3 Å². The molecular weight excluding hydrogens is 396 g/mol. The maximum Gasteiger partial charge on any atom is 0.404 e. The van der Waals surface area contributed by atoms with Crippen molar-refractivity contribution in [3.63, 3.8) is 0 Å². The SMILES string of the molecule is CCOC[C@H](Cc1ccc(OCCOC(N)=O)cc1)Nc1c(N)cnc2ccccc12. The van der Waals surface area contributed by atoms with Crippen LogP contribution in [0, 0.1) is 0 Å². The number of amides is 1. The minimum absolute atomic E-state index is 0.0174. The maximum atomic E-state index is 10.6. The van der Waals surface area contributed by atoms with Crippen LogP contribution >= 0.6 is 0 Å². The lowest BCUT2D eigenvalue weighted by molar-refractivity contribution is 0.133. The third kappa shape index (κ3) is 6.48. The molecule has 1 heterocycles. The normalized spacial score (nSPS) is 11.8. The number of nitrogens with two attached hydrogens (primary N) is 2. The minimum Gasteiger partial charge on any atom is -0.490 e. The number of para-hydroxylation sites is 1. The summed E-state index contributed by atoms with van der Waals surface area (Å²) in [4.78, 5) is 15.0. The number of hydrogen-bond donors (Lipinski definition) is 3. The molecular formula is C23H28N4O4. The van der Waals surface area contributed by atoms with Gasteiger partial charge in [0.25, 0.3) is 0 Å². The largest absolute Gasteiger partial charge is 0.490 e. The molecule has 0 saturated heterocycles. The van der Waals surface area contributed by atoms with Gasteiger partial charge in [0, 0.05) is 12.0 Å². The van der Waals surface area contributed by atoms with E-state index in [1.165, 1.54) is 0 Å². The first-order valence-corrected chi connectivity index (χ1v) is 10.2. The van der Waals surface area contributed by atoms with Gasteiger partial charge < -0.3 is 31.0 Å². The van der Waals surface area contributed by atoms with Crippen LogP contribution in [0.3, 0.4) is 0 Å². The highest BCUT2D eigenvalue weighted by Crippen LogP contribution is 2.28. The van der Waals surface area contributed by atoms with Crippen molar-refractivity contribution in [1.82, 2.24) is 4.98 Å². The van der Waals surface area contributed by atoms with Gasteiger partial charge in [0.1, 0.15) is 19.0 Å². The summed E-state index contributed by atoms with van der Waals surface area (Å²) in [5.74, 6) is 0.690. The molecule has 164 valence electrons. The summed E-state index contributed by atoms with van der Waals surface area (Å²) in [6.07, 6.45) is 1.60. The van der Waals surface area contributed by atoms with Crippen LogP contribution in [0.15, 0.2) is 54.7 Å². The molecule has 0 bridgehead atoms. The minimum atomic E-state index is -0.811. The van der Waals surface area contributed by atoms with Crippen LogP contribution in [0.5, 0.6) is 5.75 Å². The molecule has 31 heavy (non-hydrogen) atoms. The van der Waals surface area contributed by atoms with Gasteiger partial charge in [0.15, 0.2) is 0 Å². The summed E-state index contributed by atoms with van der Waals surface area (Å²) >= 11 is 0. The van der Waals surface area contributed by atoms with Crippen molar-refractivity contribution >= 4 is 28.4 Å². The molecule has 0 fully saturated rings. The number of hydrogen-bond acceptors (Lipinski definition) is 7. The second-order valence-corrected chi connectivity index (χ2v) is 6.97. The van der Waals surface area contributed by atoms with Crippen molar-refractivity contribution < 1.29 is 19.0 Å². The highest BCUT2D eigenvalue weighted by Gasteiger charge is 2.14. The Labute approximate surface area is 181 Å². The van der Waals surface area contributed by atoms with Gasteiger partial charge >= 0.3 is 6.09 Å². The molecule has 5 N–H and O–H groups in total. The number of nitrogen functional groups attached to an aromatic ring is 1. The van der Waals surface area contributed by atoms with Crippen LogP contribution < -0.4 is 21.5 Å². The van der Waals surface area contributed by atoms with Crippen LogP contribution in [0.25, 0.3) is 10.9 Å². The molecule has 0 saturated carbocycles. The molecule has 1 aromatic heterocycles. The lowest BCUT2D eigenvalue weighted by atomic mass is 10.0. The Morgan fingerprint density at radius 3 is 2.65 bits per heavy atom. The number of aromatic nitrogens is 1. The smallest absolute Gasteiger partial charge is 0.404 e. The van der Waals surface area contributed by atoms with Crippen molar-refractivity contribution in [3.8, 4) is 5.75 Å². The first-order valence-electron chi connectivity index (χ1n) is 10.2. The zero-order valence-electron chi connectivity index (χ0n) is 17.5. The van der Waals surface area contributed by atoms with Crippen LogP contribution in [-0.2, 0) is 15.9 Å². The lowest BCUT2D eigenvalue weighted by Crippen LogP contribution is -2.28. The summed E-state index contributed by atoms with van der Waals surface area (Å²) in [5.41, 5.74) is 14.6. The highest BCUT2D eigenvalue weighted by molar-refractivity contribution is 5.96. The summed E-state index contributed by atoms with van der Waals surface area (Å²) in [7, 11) is 0. The Morgan fingerprint density at radius 1 is 1.13 bits per heavy atom. The second-order valence-electron chi connectivity index (χ2n) is 6.97. The molecule has 0 unspecified atom stereocenters. The number of benzene rings is 2. The van der Waals surface area contributed by atoms with Crippen molar-refractivity contribution in [2.75, 3.05) is 37.5 Å². The van der Waals surface area contributed by atoms with Gasteiger partial charge in [-0.3, -0.25) is 4.98 Å². The molecule has 8 heteroatoms. The van der Waals surface area contributed by atoms with E-state index in [9.17, 15) is 4.79 Å². The van der Waals surface area contributed by atoms with E-state index in [0.717, 1.165) is 28.6 Å². The van der Waals surface area contributed by atoms with E-state index in [1.807, 2.05) is 55.5 Å². The van der Waals surface area contributed by atoms with Crippen LogP contribution in [0.4, 0.5) is 16.2 Å². The van der Waals surface area contributed by atoms with Crippen LogP contribution in [0.2, 0.25) is 0 Å². The fourth-order valence-electron chi connectivity index (χ4n) is 3.24. The van der Waals surface area contributed by atoms with Gasteiger partial charge in [-0.15, -0.1) is 0 Å². The number of carbonyl (C=O) groups is 1. The third-order valence-corrected chi connectivity index (χ3v) is 4.68. The summed E-state index contributed by atoms with van der Waals surface area (Å²) < 4.78 is 15.9. The number of carbonyl (C=O) groups excluding carboxylic acids is 1. The monoisotopic (exact) mass is 424 g/mol. The molecule has 0 aliphatic carbocycles. The summed E-state index contributed by atoms with van der Waals surface area (Å²) in [6.45, 7) is 3.49. The van der Waals surface area contributed by atoms with Crippen molar-refractivity contribution in [2.24, 2.45) is 5.73 Å². The Morgan fingerprint density at radius 2 is 1.90 bits per heavy atom. The predicted octanol–water partition coefficient (Wildman–Crippen LogP) is 3.35. The van der Waals surface area contributed by atoms with Gasteiger partial charge in [-0.1, -0.05) is 30.3 Å². The molecule has 0 radical (unpaired) electrons. The van der Waals surface area contributed by atoms with E-state index in [2.05, 4.69) is 15.0 Å². The molecule has 0 aliphatic heterocycles. The highest BCUT2D eigenvalue weighted by atomic mass is 16.6. The molecule has 1 amide bonds. The summed E-state index contributed by atoms with van der Waals surface area (Å²) in [5, 5.41) is 4.54. The number of nitrogens with one attached hydrogen (secondary N) is 1. The van der Waals surface area contributed by atoms with Gasteiger partial charge in [0.05, 0.1) is 35.7 Å². The molecule has 3 aromatic rings. The lowest BCUT2D eigenvalue weighted by Gasteiger charge is -2.22. The zero-order valence-corrected chi connectivity index (χ0v) is 17.5. The van der Waals surface area contributed by atoms with E-state index in [1.54, 1.807) is 6.20 Å². The standard InChI is InChI=1S/C23H28N4O4/c1-2-29-15-17(27-22-19-5-3-4-6-21(19)26-14-20(22)24)13-16-7-9-18(10-8-16)30-11-12-31-23(25)28/h3-10,14,17H,2,11-13,15,24H2,1H3,(H2,25,28)(H,26,27)/t17-/m0/s1. The van der Waals surface area contributed by atoms with Crippen molar-refractivity contribution in [1.29, 1.82) is 0 Å². The zero-order chi connectivity index (χ0) is 22.1. The summed E-state index contributed by atoms with van der Waals surface area (Å²) in [6, 6.07) is 15.7. The molecule has 0 spiro atoms. The van der Waals surface area contributed by atoms with E-state index in [-0.39, 0.29) is 19.3 Å². The number of primary amides is 1. The fraction of sp³-hybridized carbons (Fsp3) is 0.304. The van der Waals surface area contributed by atoms with E-state index >= 15 is 0 Å². The number of rotatable bonds is 11. The van der Waals surface area contributed by atoms with E-state index < -0.39 is 6.09 Å². The van der Waals surface area contributed by atoms with Gasteiger partial charge in [0.2, 0.25) is 0 Å². The Kier molecular flexibility index (Phi) is 7.89. The third-order valence-electron chi connectivity index (χ3n) is 4.68. The van der Waals surface area contributed by atoms with E-state index in [4.69, 9.17) is 20.9 Å². The Balaban J connectivity index is 1.68. The average molecular weight is 425 g/mol. The van der Waals surface area contributed by atoms with Gasteiger partial charge in [-0.05, 0) is 37.1 Å². The van der Waals surface area contributed by atoms with Crippen LogP contribution in [0.1, 0.15) is 12.5 Å². The number of ether oxygens (including phenoxy) is 3. The number of fused-ring (bicyclic) bond motifs is 1. The molecule has 0 aliphatic rings. The Bertz CT molecular complexity index is 995. The maximum absolute atomic E-state index is 10.6. The molecule has 1 atom stereocenters. The average Bonchev–Trinajstić information content (AvgIpc) is 2.77. The van der Waals surface area contributed by atoms with Gasteiger partial charge in [-0.25, -0.2) is 4.79 Å². The van der Waals surface area contributed by atoms with Gasteiger partial charge in [-0.2, -0.15) is 0 Å².